The predicted octanol–water partition coefficient (Wildman–Crippen LogP) is 1.65. The minimum atomic E-state index is -0.154. The molecule has 2 atom stereocenters. The predicted molar refractivity (Wildman–Crippen MR) is 71.2 cm³/mol. The largest absolute Gasteiger partial charge is 0.396 e. The SMILES string of the molecule is CCn1cc(N)c(C(=O)NCC2CCCC2C)n1. The van der Waals surface area contributed by atoms with Gasteiger partial charge < -0.3 is 11.1 Å². The van der Waals surface area contributed by atoms with E-state index in [1.807, 2.05) is 6.92 Å². The van der Waals surface area contributed by atoms with Crippen molar-refractivity contribution < 1.29 is 4.79 Å². The van der Waals surface area contributed by atoms with Crippen LogP contribution in [-0.2, 0) is 6.54 Å². The third-order valence-corrected chi connectivity index (χ3v) is 3.89. The number of nitrogen functional groups attached to an aromatic ring is 1. The molecule has 3 N–H and O–H groups in total. The highest BCUT2D eigenvalue weighted by atomic mass is 16.2. The van der Waals surface area contributed by atoms with Crippen molar-refractivity contribution in [3.05, 3.63) is 11.9 Å². The average Bonchev–Trinajstić information content (AvgIpc) is 2.92. The minimum Gasteiger partial charge on any atom is -0.396 e. The molecule has 1 fully saturated rings. The first-order chi connectivity index (χ1) is 8.61. The number of aromatic nitrogens is 2. The average molecular weight is 250 g/mol. The molecule has 0 saturated heterocycles. The number of nitrogens with one attached hydrogen (secondary N) is 1. The van der Waals surface area contributed by atoms with Crippen LogP contribution in [0.1, 0.15) is 43.6 Å². The minimum absolute atomic E-state index is 0.154. The lowest BCUT2D eigenvalue weighted by molar-refractivity contribution is 0.0939. The van der Waals surface area contributed by atoms with E-state index in [0.717, 1.165) is 13.1 Å². The first kappa shape index (κ1) is 12.9. The van der Waals surface area contributed by atoms with Gasteiger partial charge in [0.15, 0.2) is 5.69 Å². The Balaban J connectivity index is 1.92. The first-order valence-electron chi connectivity index (χ1n) is 6.73. The van der Waals surface area contributed by atoms with Crippen LogP contribution in [0, 0.1) is 11.8 Å². The molecule has 0 radical (unpaired) electrons. The van der Waals surface area contributed by atoms with Gasteiger partial charge in [-0.2, -0.15) is 5.10 Å². The Morgan fingerprint density at radius 2 is 2.39 bits per heavy atom. The highest BCUT2D eigenvalue weighted by Crippen LogP contribution is 2.30. The van der Waals surface area contributed by atoms with E-state index in [2.05, 4.69) is 17.3 Å². The Morgan fingerprint density at radius 1 is 1.61 bits per heavy atom. The summed E-state index contributed by atoms with van der Waals surface area (Å²) < 4.78 is 1.68. The maximum atomic E-state index is 12.0. The van der Waals surface area contributed by atoms with Gasteiger partial charge in [-0.25, -0.2) is 0 Å². The summed E-state index contributed by atoms with van der Waals surface area (Å²) >= 11 is 0. The highest BCUT2D eigenvalue weighted by molar-refractivity contribution is 5.96. The van der Waals surface area contributed by atoms with Crippen molar-refractivity contribution in [3.8, 4) is 0 Å². The van der Waals surface area contributed by atoms with E-state index in [0.29, 0.717) is 23.2 Å². The number of nitrogens with zero attached hydrogens (tertiary/aromatic N) is 2. The number of amides is 1. The molecule has 1 amide bonds. The molecule has 2 rings (SSSR count). The van der Waals surface area contributed by atoms with Crippen LogP contribution < -0.4 is 11.1 Å². The van der Waals surface area contributed by atoms with Gasteiger partial charge in [0.25, 0.3) is 5.91 Å². The molecule has 1 aliphatic carbocycles. The second-order valence-corrected chi connectivity index (χ2v) is 5.17. The van der Waals surface area contributed by atoms with Crippen LogP contribution in [-0.4, -0.2) is 22.2 Å². The Hall–Kier alpha value is -1.52. The van der Waals surface area contributed by atoms with E-state index < -0.39 is 0 Å². The van der Waals surface area contributed by atoms with Gasteiger partial charge in [0.1, 0.15) is 0 Å². The lowest BCUT2D eigenvalue weighted by Crippen LogP contribution is -2.31. The number of nitrogens with two attached hydrogens (primary N) is 1. The topological polar surface area (TPSA) is 72.9 Å². The molecule has 18 heavy (non-hydrogen) atoms. The van der Waals surface area contributed by atoms with E-state index >= 15 is 0 Å². The van der Waals surface area contributed by atoms with Gasteiger partial charge in [0.05, 0.1) is 5.69 Å². The van der Waals surface area contributed by atoms with Crippen molar-refractivity contribution in [1.82, 2.24) is 15.1 Å². The number of carbonyl (C=O) groups is 1. The van der Waals surface area contributed by atoms with Crippen LogP contribution in [0.5, 0.6) is 0 Å². The molecule has 100 valence electrons. The van der Waals surface area contributed by atoms with E-state index in [-0.39, 0.29) is 5.91 Å². The molecule has 0 aliphatic heterocycles. The van der Waals surface area contributed by atoms with Gasteiger partial charge in [-0.05, 0) is 25.2 Å². The number of hydrogen-bond acceptors (Lipinski definition) is 3. The van der Waals surface area contributed by atoms with Crippen molar-refractivity contribution in [2.24, 2.45) is 11.8 Å². The van der Waals surface area contributed by atoms with E-state index in [9.17, 15) is 4.79 Å². The molecule has 1 saturated carbocycles. The molecule has 0 bridgehead atoms. The quantitative estimate of drug-likeness (QED) is 0.853. The van der Waals surface area contributed by atoms with Crippen molar-refractivity contribution >= 4 is 11.6 Å². The summed E-state index contributed by atoms with van der Waals surface area (Å²) in [4.78, 5) is 12.0. The Morgan fingerprint density at radius 3 is 2.94 bits per heavy atom. The maximum Gasteiger partial charge on any atom is 0.273 e. The molecular weight excluding hydrogens is 228 g/mol. The Labute approximate surface area is 108 Å². The van der Waals surface area contributed by atoms with Crippen LogP contribution in [0.25, 0.3) is 0 Å². The molecule has 5 nitrogen and oxygen atoms in total. The number of aryl methyl sites for hydroxylation is 1. The Kier molecular flexibility index (Phi) is 3.89. The van der Waals surface area contributed by atoms with E-state index in [4.69, 9.17) is 5.73 Å². The molecule has 1 aromatic rings. The van der Waals surface area contributed by atoms with Crippen molar-refractivity contribution in [2.75, 3.05) is 12.3 Å². The van der Waals surface area contributed by atoms with E-state index in [1.165, 1.54) is 19.3 Å². The Bertz CT molecular complexity index is 427. The third-order valence-electron chi connectivity index (χ3n) is 3.89. The second kappa shape index (κ2) is 5.42. The summed E-state index contributed by atoms with van der Waals surface area (Å²) in [7, 11) is 0. The van der Waals surface area contributed by atoms with Gasteiger partial charge in [0, 0.05) is 19.3 Å². The molecule has 2 unspecified atom stereocenters. The number of rotatable bonds is 4. The van der Waals surface area contributed by atoms with Crippen LogP contribution in [0.2, 0.25) is 0 Å². The number of carbonyl (C=O) groups excluding carboxylic acids is 1. The van der Waals surface area contributed by atoms with Crippen LogP contribution in [0.4, 0.5) is 5.69 Å². The molecule has 1 aliphatic rings. The van der Waals surface area contributed by atoms with Gasteiger partial charge in [0.2, 0.25) is 0 Å². The second-order valence-electron chi connectivity index (χ2n) is 5.17. The van der Waals surface area contributed by atoms with Crippen LogP contribution >= 0.6 is 0 Å². The van der Waals surface area contributed by atoms with Gasteiger partial charge >= 0.3 is 0 Å². The highest BCUT2D eigenvalue weighted by Gasteiger charge is 2.24. The molecule has 0 spiro atoms. The summed E-state index contributed by atoms with van der Waals surface area (Å²) in [6.45, 7) is 5.67. The summed E-state index contributed by atoms with van der Waals surface area (Å²) in [5.74, 6) is 1.15. The smallest absolute Gasteiger partial charge is 0.273 e. The molecule has 1 heterocycles. The molecular formula is C13H22N4O. The lowest BCUT2D eigenvalue weighted by Gasteiger charge is -2.15. The zero-order valence-electron chi connectivity index (χ0n) is 11.1. The lowest BCUT2D eigenvalue weighted by atomic mass is 9.98. The fraction of sp³-hybridized carbons (Fsp3) is 0.692. The first-order valence-corrected chi connectivity index (χ1v) is 6.73. The number of anilines is 1. The zero-order chi connectivity index (χ0) is 13.1. The van der Waals surface area contributed by atoms with E-state index in [1.54, 1.807) is 10.9 Å². The van der Waals surface area contributed by atoms with Crippen LogP contribution in [0.3, 0.4) is 0 Å². The summed E-state index contributed by atoms with van der Waals surface area (Å²) in [6.07, 6.45) is 5.45. The monoisotopic (exact) mass is 250 g/mol. The van der Waals surface area contributed by atoms with Crippen LogP contribution in [0.15, 0.2) is 6.20 Å². The number of hydrogen-bond donors (Lipinski definition) is 2. The van der Waals surface area contributed by atoms with Crippen molar-refractivity contribution in [1.29, 1.82) is 0 Å². The summed E-state index contributed by atoms with van der Waals surface area (Å²) in [5, 5.41) is 7.13. The summed E-state index contributed by atoms with van der Waals surface area (Å²) in [6, 6.07) is 0. The van der Waals surface area contributed by atoms with Gasteiger partial charge in [-0.15, -0.1) is 0 Å². The third kappa shape index (κ3) is 2.66. The molecule has 1 aromatic heterocycles. The van der Waals surface area contributed by atoms with Crippen molar-refractivity contribution in [3.63, 3.8) is 0 Å². The fourth-order valence-corrected chi connectivity index (χ4v) is 2.61. The normalized spacial score (nSPS) is 23.2. The fourth-order valence-electron chi connectivity index (χ4n) is 2.61. The van der Waals surface area contributed by atoms with Gasteiger partial charge in [-0.3, -0.25) is 9.48 Å². The van der Waals surface area contributed by atoms with Crippen molar-refractivity contribution in [2.45, 2.75) is 39.7 Å². The summed E-state index contributed by atoms with van der Waals surface area (Å²) in [5.41, 5.74) is 6.59. The van der Waals surface area contributed by atoms with Gasteiger partial charge in [-0.1, -0.05) is 19.8 Å². The standard InChI is InChI=1S/C13H22N4O/c1-3-17-8-11(14)12(16-17)13(18)15-7-10-6-4-5-9(10)2/h8-10H,3-7,14H2,1-2H3,(H,15,18). The molecule has 0 aromatic carbocycles. The molecule has 5 heteroatoms. The maximum absolute atomic E-state index is 12.0. The zero-order valence-corrected chi connectivity index (χ0v) is 11.1.